The first-order valence-corrected chi connectivity index (χ1v) is 8.03. The molecule has 0 unspecified atom stereocenters. The molecule has 24 heavy (non-hydrogen) atoms. The summed E-state index contributed by atoms with van der Waals surface area (Å²) in [6.07, 6.45) is 1.83. The molecule has 2 aromatic heterocycles. The number of nitrogens with zero attached hydrogens (tertiary/aromatic N) is 3. The highest BCUT2D eigenvalue weighted by Crippen LogP contribution is 2.27. The van der Waals surface area contributed by atoms with Gasteiger partial charge in [-0.15, -0.1) is 0 Å². The first-order valence-electron chi connectivity index (χ1n) is 7.26. The van der Waals surface area contributed by atoms with Crippen molar-refractivity contribution >= 4 is 40.0 Å². The second-order valence-electron chi connectivity index (χ2n) is 5.17. The lowest BCUT2D eigenvalue weighted by Crippen LogP contribution is -2.35. The van der Waals surface area contributed by atoms with E-state index in [1.54, 1.807) is 0 Å². The molecule has 128 valence electrons. The smallest absolute Gasteiger partial charge is 0.271 e. The number of carbonyl (C=O) groups is 2. The number of aromatic nitrogens is 3. The van der Waals surface area contributed by atoms with Crippen LogP contribution in [0.4, 0.5) is 16.6 Å². The zero-order chi connectivity index (χ0) is 17.9. The van der Waals surface area contributed by atoms with E-state index in [-0.39, 0.29) is 11.5 Å². The van der Waals surface area contributed by atoms with E-state index in [1.165, 1.54) is 17.7 Å². The van der Waals surface area contributed by atoms with E-state index in [0.29, 0.717) is 12.2 Å². The number of primary amides is 2. The van der Waals surface area contributed by atoms with Crippen molar-refractivity contribution in [2.24, 2.45) is 11.5 Å². The predicted octanol–water partition coefficient (Wildman–Crippen LogP) is 1.07. The summed E-state index contributed by atoms with van der Waals surface area (Å²) in [5.41, 5.74) is 12.5. The third-order valence-electron chi connectivity index (χ3n) is 3.47. The molecule has 0 aromatic carbocycles. The van der Waals surface area contributed by atoms with Crippen LogP contribution in [0, 0.1) is 13.8 Å². The molecule has 0 aliphatic carbocycles. The van der Waals surface area contributed by atoms with Crippen molar-refractivity contribution in [3.8, 4) is 0 Å². The van der Waals surface area contributed by atoms with E-state index >= 15 is 0 Å². The van der Waals surface area contributed by atoms with E-state index < -0.39 is 17.9 Å². The zero-order valence-corrected chi connectivity index (χ0v) is 14.4. The Kier molecular flexibility index (Phi) is 5.29. The minimum absolute atomic E-state index is 0.00173. The molecule has 0 aliphatic heterocycles. The molecule has 2 aromatic rings. The van der Waals surface area contributed by atoms with Crippen LogP contribution in [-0.2, 0) is 4.79 Å². The average Bonchev–Trinajstić information content (AvgIpc) is 2.84. The molecule has 2 heterocycles. The lowest BCUT2D eigenvalue weighted by Gasteiger charge is -2.15. The van der Waals surface area contributed by atoms with Crippen molar-refractivity contribution in [2.75, 3.05) is 10.6 Å². The molecule has 0 spiro atoms. The molecule has 0 aliphatic rings. The van der Waals surface area contributed by atoms with Gasteiger partial charge in [0.15, 0.2) is 11.5 Å². The fourth-order valence-electron chi connectivity index (χ4n) is 1.92. The first kappa shape index (κ1) is 17.6. The second-order valence-corrected chi connectivity index (χ2v) is 5.94. The van der Waals surface area contributed by atoms with Gasteiger partial charge in [-0.25, -0.2) is 9.97 Å². The summed E-state index contributed by atoms with van der Waals surface area (Å²) < 4.78 is 4.23. The predicted molar refractivity (Wildman–Crippen MR) is 92.3 cm³/mol. The molecule has 10 heteroatoms. The van der Waals surface area contributed by atoms with Gasteiger partial charge >= 0.3 is 0 Å². The molecular weight excluding hydrogens is 330 g/mol. The van der Waals surface area contributed by atoms with Gasteiger partial charge in [0, 0.05) is 5.56 Å². The third kappa shape index (κ3) is 3.77. The number of carbonyl (C=O) groups excluding carboxylic acids is 2. The Morgan fingerprint density at radius 2 is 2.04 bits per heavy atom. The Hall–Kier alpha value is -2.75. The van der Waals surface area contributed by atoms with Crippen LogP contribution in [-0.4, -0.2) is 32.2 Å². The maximum atomic E-state index is 11.6. The number of hydrogen-bond donors (Lipinski definition) is 4. The van der Waals surface area contributed by atoms with Crippen molar-refractivity contribution in [2.45, 2.75) is 33.2 Å². The van der Waals surface area contributed by atoms with Crippen molar-refractivity contribution < 1.29 is 9.59 Å². The van der Waals surface area contributed by atoms with Crippen LogP contribution in [0.3, 0.4) is 0 Å². The Labute approximate surface area is 143 Å². The quantitative estimate of drug-likeness (QED) is 0.584. The maximum Gasteiger partial charge on any atom is 0.271 e. The zero-order valence-electron chi connectivity index (χ0n) is 13.6. The van der Waals surface area contributed by atoms with E-state index in [1.807, 2.05) is 20.8 Å². The molecule has 0 fully saturated rings. The van der Waals surface area contributed by atoms with Gasteiger partial charge in [0.2, 0.25) is 5.91 Å². The van der Waals surface area contributed by atoms with Crippen LogP contribution in [0.15, 0.2) is 6.20 Å². The standard InChI is InChI=1S/C14H19N7O2S/c1-4-8(11(15)22)18-9-5-17-10(12(16)23)13(19-9)20-14-6(2)7(3)21-24-14/h5,8H,4H2,1-3H3,(H2,15,22)(H2,16,23)(H2,18,19,20)/t8-/m1/s1. The fourth-order valence-corrected chi connectivity index (χ4v) is 2.71. The molecule has 2 rings (SSSR count). The van der Waals surface area contributed by atoms with Gasteiger partial charge in [-0.1, -0.05) is 6.92 Å². The van der Waals surface area contributed by atoms with Crippen molar-refractivity contribution in [3.05, 3.63) is 23.1 Å². The Balaban J connectivity index is 2.36. The van der Waals surface area contributed by atoms with Crippen LogP contribution >= 0.6 is 11.5 Å². The average molecular weight is 349 g/mol. The third-order valence-corrected chi connectivity index (χ3v) is 4.42. The molecule has 2 amide bonds. The lowest BCUT2D eigenvalue weighted by atomic mass is 10.2. The molecule has 9 nitrogen and oxygen atoms in total. The van der Waals surface area contributed by atoms with Crippen molar-refractivity contribution in [1.29, 1.82) is 0 Å². The fraction of sp³-hybridized carbons (Fsp3) is 0.357. The number of rotatable bonds is 7. The van der Waals surface area contributed by atoms with E-state index in [0.717, 1.165) is 16.3 Å². The topological polar surface area (TPSA) is 149 Å². The Morgan fingerprint density at radius 1 is 1.33 bits per heavy atom. The van der Waals surface area contributed by atoms with Crippen molar-refractivity contribution in [3.63, 3.8) is 0 Å². The number of nitrogens with one attached hydrogen (secondary N) is 2. The minimum Gasteiger partial charge on any atom is -0.368 e. The summed E-state index contributed by atoms with van der Waals surface area (Å²) in [4.78, 5) is 31.2. The van der Waals surface area contributed by atoms with Gasteiger partial charge in [0.25, 0.3) is 5.91 Å². The summed E-state index contributed by atoms with van der Waals surface area (Å²) in [6, 6.07) is -0.584. The van der Waals surface area contributed by atoms with Gasteiger partial charge < -0.3 is 22.1 Å². The molecule has 0 bridgehead atoms. The Bertz CT molecular complexity index is 774. The van der Waals surface area contributed by atoms with E-state index in [4.69, 9.17) is 11.5 Å². The van der Waals surface area contributed by atoms with Crippen LogP contribution < -0.4 is 22.1 Å². The number of nitrogens with two attached hydrogens (primary N) is 2. The SMILES string of the molecule is CC[C@@H](Nc1cnc(C(N)=O)c(Nc2snc(C)c2C)n1)C(N)=O. The van der Waals surface area contributed by atoms with E-state index in [9.17, 15) is 9.59 Å². The maximum absolute atomic E-state index is 11.6. The number of hydrogen-bond acceptors (Lipinski definition) is 8. The van der Waals surface area contributed by atoms with E-state index in [2.05, 4.69) is 25.0 Å². The highest BCUT2D eigenvalue weighted by atomic mass is 32.1. The van der Waals surface area contributed by atoms with Crippen LogP contribution in [0.25, 0.3) is 0 Å². The molecule has 0 radical (unpaired) electrons. The number of anilines is 3. The molecule has 0 saturated carbocycles. The number of amides is 2. The van der Waals surface area contributed by atoms with Gasteiger partial charge in [-0.2, -0.15) is 4.37 Å². The highest BCUT2D eigenvalue weighted by Gasteiger charge is 2.18. The molecule has 6 N–H and O–H groups in total. The normalized spacial score (nSPS) is 11.8. The number of aryl methyl sites for hydroxylation is 1. The molecule has 0 saturated heterocycles. The summed E-state index contributed by atoms with van der Waals surface area (Å²) in [6.45, 7) is 5.60. The van der Waals surface area contributed by atoms with Gasteiger partial charge in [-0.3, -0.25) is 9.59 Å². The summed E-state index contributed by atoms with van der Waals surface area (Å²) in [5.74, 6) is -0.704. The van der Waals surface area contributed by atoms with Gasteiger partial charge in [0.05, 0.1) is 11.9 Å². The molecule has 1 atom stereocenters. The largest absolute Gasteiger partial charge is 0.368 e. The van der Waals surface area contributed by atoms with Crippen LogP contribution in [0.2, 0.25) is 0 Å². The Morgan fingerprint density at radius 3 is 2.54 bits per heavy atom. The lowest BCUT2D eigenvalue weighted by molar-refractivity contribution is -0.118. The van der Waals surface area contributed by atoms with Crippen molar-refractivity contribution in [1.82, 2.24) is 14.3 Å². The molecular formula is C14H19N7O2S. The summed E-state index contributed by atoms with van der Waals surface area (Å²) in [7, 11) is 0. The highest BCUT2D eigenvalue weighted by molar-refractivity contribution is 7.10. The first-order chi connectivity index (χ1) is 11.3. The second kappa shape index (κ2) is 7.21. The monoisotopic (exact) mass is 349 g/mol. The summed E-state index contributed by atoms with van der Waals surface area (Å²) in [5, 5.41) is 6.66. The summed E-state index contributed by atoms with van der Waals surface area (Å²) >= 11 is 1.25. The van der Waals surface area contributed by atoms with Crippen LogP contribution in [0.5, 0.6) is 0 Å². The van der Waals surface area contributed by atoms with Gasteiger partial charge in [-0.05, 0) is 31.8 Å². The van der Waals surface area contributed by atoms with Crippen LogP contribution in [0.1, 0.15) is 35.1 Å². The van der Waals surface area contributed by atoms with Gasteiger partial charge in [0.1, 0.15) is 16.9 Å². The minimum atomic E-state index is -0.711.